The van der Waals surface area contributed by atoms with Gasteiger partial charge in [-0.3, -0.25) is 4.79 Å². The molecule has 0 fully saturated rings. The molecule has 5 nitrogen and oxygen atoms in total. The van der Waals surface area contributed by atoms with E-state index in [0.717, 1.165) is 12.8 Å². The molecule has 0 heterocycles. The standard InChI is InChI=1S/C10H20N2O3/c1-4-5-6-11-9(15)12-10(2,3)7-8(13)14/h4-7H2,1-3H3,(H,13,14)(H2,11,12,15). The maximum Gasteiger partial charge on any atom is 0.315 e. The molecule has 0 spiro atoms. The number of carbonyl (C=O) groups is 2. The third-order valence-corrected chi connectivity index (χ3v) is 1.86. The Morgan fingerprint density at radius 3 is 2.40 bits per heavy atom. The lowest BCUT2D eigenvalue weighted by atomic mass is 10.0. The number of carboxylic acid groups (broad SMARTS) is 1. The maximum atomic E-state index is 11.3. The zero-order valence-electron chi connectivity index (χ0n) is 9.59. The molecule has 5 heteroatoms. The van der Waals surface area contributed by atoms with Crippen LogP contribution in [0.15, 0.2) is 0 Å². The van der Waals surface area contributed by atoms with Gasteiger partial charge in [-0.05, 0) is 20.3 Å². The quantitative estimate of drug-likeness (QED) is 0.586. The third-order valence-electron chi connectivity index (χ3n) is 1.86. The van der Waals surface area contributed by atoms with Crippen molar-refractivity contribution in [3.63, 3.8) is 0 Å². The molecule has 0 unspecified atom stereocenters. The van der Waals surface area contributed by atoms with Crippen molar-refractivity contribution in [3.05, 3.63) is 0 Å². The summed E-state index contributed by atoms with van der Waals surface area (Å²) in [5, 5.41) is 13.9. The molecule has 0 aromatic heterocycles. The SMILES string of the molecule is CCCCNC(=O)NC(C)(C)CC(=O)O. The summed E-state index contributed by atoms with van der Waals surface area (Å²) < 4.78 is 0. The van der Waals surface area contributed by atoms with Crippen LogP contribution in [0.5, 0.6) is 0 Å². The lowest BCUT2D eigenvalue weighted by molar-refractivity contribution is -0.138. The largest absolute Gasteiger partial charge is 0.481 e. The average molecular weight is 216 g/mol. The Bertz CT molecular complexity index is 227. The lowest BCUT2D eigenvalue weighted by Gasteiger charge is -2.24. The van der Waals surface area contributed by atoms with Crippen molar-refractivity contribution in [2.75, 3.05) is 6.54 Å². The number of carbonyl (C=O) groups excluding carboxylic acids is 1. The Balaban J connectivity index is 3.88. The molecule has 0 aromatic carbocycles. The molecular weight excluding hydrogens is 196 g/mol. The molecule has 0 aromatic rings. The van der Waals surface area contributed by atoms with Crippen LogP contribution in [-0.4, -0.2) is 29.2 Å². The van der Waals surface area contributed by atoms with Gasteiger partial charge in [0.15, 0.2) is 0 Å². The Morgan fingerprint density at radius 2 is 1.93 bits per heavy atom. The van der Waals surface area contributed by atoms with Gasteiger partial charge in [0, 0.05) is 12.1 Å². The molecule has 88 valence electrons. The Kier molecular flexibility index (Phi) is 5.74. The van der Waals surface area contributed by atoms with Crippen LogP contribution in [0.2, 0.25) is 0 Å². The van der Waals surface area contributed by atoms with Crippen LogP contribution in [-0.2, 0) is 4.79 Å². The first-order valence-corrected chi connectivity index (χ1v) is 5.15. The summed E-state index contributed by atoms with van der Waals surface area (Å²) >= 11 is 0. The minimum Gasteiger partial charge on any atom is -0.481 e. The van der Waals surface area contributed by atoms with E-state index in [2.05, 4.69) is 10.6 Å². The van der Waals surface area contributed by atoms with E-state index in [4.69, 9.17) is 5.11 Å². The molecule has 0 aliphatic rings. The summed E-state index contributed by atoms with van der Waals surface area (Å²) in [7, 11) is 0. The Labute approximate surface area is 90.2 Å². The molecule has 0 saturated heterocycles. The molecule has 0 saturated carbocycles. The highest BCUT2D eigenvalue weighted by Gasteiger charge is 2.23. The summed E-state index contributed by atoms with van der Waals surface area (Å²) in [6.45, 7) is 6.01. The summed E-state index contributed by atoms with van der Waals surface area (Å²) in [4.78, 5) is 21.8. The monoisotopic (exact) mass is 216 g/mol. The van der Waals surface area contributed by atoms with Gasteiger partial charge in [-0.25, -0.2) is 4.79 Å². The second kappa shape index (κ2) is 6.27. The van der Waals surface area contributed by atoms with Crippen molar-refractivity contribution < 1.29 is 14.7 Å². The van der Waals surface area contributed by atoms with Crippen LogP contribution in [0.3, 0.4) is 0 Å². The fourth-order valence-corrected chi connectivity index (χ4v) is 1.15. The normalized spacial score (nSPS) is 10.9. The summed E-state index contributed by atoms with van der Waals surface area (Å²) in [5.74, 6) is -0.922. The maximum absolute atomic E-state index is 11.3. The van der Waals surface area contributed by atoms with Gasteiger partial charge in [0.05, 0.1) is 6.42 Å². The molecular formula is C10H20N2O3. The topological polar surface area (TPSA) is 78.4 Å². The number of amides is 2. The zero-order chi connectivity index (χ0) is 11.9. The van der Waals surface area contributed by atoms with Crippen LogP contribution in [0.4, 0.5) is 4.79 Å². The fraction of sp³-hybridized carbons (Fsp3) is 0.800. The van der Waals surface area contributed by atoms with Crippen LogP contribution in [0.25, 0.3) is 0 Å². The average Bonchev–Trinajstić information content (AvgIpc) is 2.00. The molecule has 0 aliphatic heterocycles. The molecule has 15 heavy (non-hydrogen) atoms. The number of hydrogen-bond donors (Lipinski definition) is 3. The van der Waals surface area contributed by atoms with Crippen LogP contribution in [0, 0.1) is 0 Å². The minimum atomic E-state index is -0.922. The van der Waals surface area contributed by atoms with Crippen LogP contribution >= 0.6 is 0 Å². The van der Waals surface area contributed by atoms with E-state index in [1.54, 1.807) is 13.8 Å². The van der Waals surface area contributed by atoms with Gasteiger partial charge in [-0.1, -0.05) is 13.3 Å². The van der Waals surface area contributed by atoms with Gasteiger partial charge in [-0.2, -0.15) is 0 Å². The summed E-state index contributed by atoms with van der Waals surface area (Å²) in [6, 6.07) is -0.310. The fourth-order valence-electron chi connectivity index (χ4n) is 1.15. The van der Waals surface area contributed by atoms with Gasteiger partial charge >= 0.3 is 12.0 Å². The lowest BCUT2D eigenvalue weighted by Crippen LogP contribution is -2.49. The highest BCUT2D eigenvalue weighted by Crippen LogP contribution is 2.07. The molecule has 0 rings (SSSR count). The van der Waals surface area contributed by atoms with Crippen molar-refractivity contribution in [2.24, 2.45) is 0 Å². The molecule has 0 radical (unpaired) electrons. The van der Waals surface area contributed by atoms with Crippen LogP contribution in [0.1, 0.15) is 40.0 Å². The van der Waals surface area contributed by atoms with E-state index in [1.807, 2.05) is 6.92 Å². The predicted molar refractivity (Wildman–Crippen MR) is 57.8 cm³/mol. The minimum absolute atomic E-state index is 0.0891. The Hall–Kier alpha value is -1.26. The van der Waals surface area contributed by atoms with Crippen molar-refractivity contribution >= 4 is 12.0 Å². The van der Waals surface area contributed by atoms with Gasteiger partial charge in [0.2, 0.25) is 0 Å². The second-order valence-corrected chi connectivity index (χ2v) is 4.19. The summed E-state index contributed by atoms with van der Waals surface area (Å²) in [5.41, 5.74) is -0.720. The van der Waals surface area contributed by atoms with E-state index in [1.165, 1.54) is 0 Å². The smallest absolute Gasteiger partial charge is 0.315 e. The number of nitrogens with one attached hydrogen (secondary N) is 2. The second-order valence-electron chi connectivity index (χ2n) is 4.19. The van der Waals surface area contributed by atoms with Crippen molar-refractivity contribution in [2.45, 2.75) is 45.6 Å². The first-order valence-electron chi connectivity index (χ1n) is 5.15. The van der Waals surface area contributed by atoms with E-state index < -0.39 is 11.5 Å². The highest BCUT2D eigenvalue weighted by molar-refractivity contribution is 5.76. The Morgan fingerprint density at radius 1 is 1.33 bits per heavy atom. The van der Waals surface area contributed by atoms with E-state index in [-0.39, 0.29) is 12.5 Å². The van der Waals surface area contributed by atoms with Gasteiger partial charge in [0.1, 0.15) is 0 Å². The van der Waals surface area contributed by atoms with Crippen molar-refractivity contribution in [1.82, 2.24) is 10.6 Å². The number of unbranched alkanes of at least 4 members (excludes halogenated alkanes) is 1. The van der Waals surface area contributed by atoms with E-state index >= 15 is 0 Å². The first kappa shape index (κ1) is 13.7. The van der Waals surface area contributed by atoms with Gasteiger partial charge in [0.25, 0.3) is 0 Å². The number of aliphatic carboxylic acids is 1. The number of urea groups is 1. The first-order chi connectivity index (χ1) is 6.87. The van der Waals surface area contributed by atoms with Crippen molar-refractivity contribution in [1.29, 1.82) is 0 Å². The molecule has 0 atom stereocenters. The van der Waals surface area contributed by atoms with Gasteiger partial charge in [-0.15, -0.1) is 0 Å². The summed E-state index contributed by atoms with van der Waals surface area (Å²) in [6.07, 6.45) is 1.85. The number of carboxylic acids is 1. The molecule has 0 aliphatic carbocycles. The number of hydrogen-bond acceptors (Lipinski definition) is 2. The van der Waals surface area contributed by atoms with E-state index in [0.29, 0.717) is 6.54 Å². The zero-order valence-corrected chi connectivity index (χ0v) is 9.59. The van der Waals surface area contributed by atoms with Gasteiger partial charge < -0.3 is 15.7 Å². The third kappa shape index (κ3) is 7.78. The molecule has 0 bridgehead atoms. The predicted octanol–water partition coefficient (Wildman–Crippen LogP) is 1.34. The highest BCUT2D eigenvalue weighted by atomic mass is 16.4. The van der Waals surface area contributed by atoms with Crippen molar-refractivity contribution in [3.8, 4) is 0 Å². The molecule has 3 N–H and O–H groups in total. The van der Waals surface area contributed by atoms with Crippen LogP contribution < -0.4 is 10.6 Å². The number of rotatable bonds is 6. The molecule has 2 amide bonds. The van der Waals surface area contributed by atoms with E-state index in [9.17, 15) is 9.59 Å².